The maximum Gasteiger partial charge on any atom is 0.335 e. The Kier molecular flexibility index (Phi) is 4.42. The summed E-state index contributed by atoms with van der Waals surface area (Å²) in [6.45, 7) is 10.3. The summed E-state index contributed by atoms with van der Waals surface area (Å²) < 4.78 is 0. The Morgan fingerprint density at radius 2 is 1.64 bits per heavy atom. The van der Waals surface area contributed by atoms with Crippen molar-refractivity contribution in [3.05, 3.63) is 35.4 Å². The van der Waals surface area contributed by atoms with E-state index in [1.807, 2.05) is 17.0 Å². The summed E-state index contributed by atoms with van der Waals surface area (Å²) >= 11 is 0. The van der Waals surface area contributed by atoms with Crippen molar-refractivity contribution < 1.29 is 14.7 Å². The molecule has 1 saturated carbocycles. The van der Waals surface area contributed by atoms with Gasteiger partial charge >= 0.3 is 5.97 Å². The Morgan fingerprint density at radius 1 is 1.08 bits per heavy atom. The molecule has 0 bridgehead atoms. The second-order valence-corrected chi connectivity index (χ2v) is 8.81. The monoisotopic (exact) mass is 343 g/mol. The predicted octanol–water partition coefficient (Wildman–Crippen LogP) is 3.85. The van der Waals surface area contributed by atoms with Crippen molar-refractivity contribution in [1.82, 2.24) is 4.90 Å². The van der Waals surface area contributed by atoms with Crippen LogP contribution in [0.4, 0.5) is 0 Å². The molecule has 1 aliphatic heterocycles. The molecule has 4 heteroatoms. The standard InChI is InChI=1S/C21H29NO3/c1-20(2)17(21(20,3)4)18(23)22-11-9-14(10-12-22)13-15-7-5-6-8-16(15)19(24)25/h5-8,14,17H,9-13H2,1-4H3,(H,24,25). The van der Waals surface area contributed by atoms with Gasteiger partial charge in [0.05, 0.1) is 5.56 Å². The van der Waals surface area contributed by atoms with Crippen LogP contribution in [0.15, 0.2) is 24.3 Å². The van der Waals surface area contributed by atoms with Crippen molar-refractivity contribution in [2.24, 2.45) is 22.7 Å². The van der Waals surface area contributed by atoms with E-state index in [0.717, 1.165) is 37.9 Å². The van der Waals surface area contributed by atoms with Crippen LogP contribution in [0.1, 0.15) is 56.5 Å². The van der Waals surface area contributed by atoms with Gasteiger partial charge in [-0.3, -0.25) is 4.79 Å². The van der Waals surface area contributed by atoms with E-state index >= 15 is 0 Å². The molecular weight excluding hydrogens is 314 g/mol. The van der Waals surface area contributed by atoms with Crippen molar-refractivity contribution in [3.8, 4) is 0 Å². The molecule has 1 N–H and O–H groups in total. The summed E-state index contributed by atoms with van der Waals surface area (Å²) in [6.07, 6.45) is 2.69. The first-order chi connectivity index (χ1) is 11.7. The second kappa shape index (κ2) is 6.15. The Bertz CT molecular complexity index is 670. The highest BCUT2D eigenvalue weighted by molar-refractivity contribution is 5.89. The van der Waals surface area contributed by atoms with Gasteiger partial charge in [-0.2, -0.15) is 0 Å². The topological polar surface area (TPSA) is 57.6 Å². The van der Waals surface area contributed by atoms with Crippen LogP contribution in [-0.2, 0) is 11.2 Å². The molecule has 4 nitrogen and oxygen atoms in total. The molecule has 0 radical (unpaired) electrons. The van der Waals surface area contributed by atoms with E-state index in [0.29, 0.717) is 17.4 Å². The molecule has 0 unspecified atom stereocenters. The van der Waals surface area contributed by atoms with Gasteiger partial charge in [0.1, 0.15) is 0 Å². The van der Waals surface area contributed by atoms with Gasteiger partial charge < -0.3 is 10.0 Å². The summed E-state index contributed by atoms with van der Waals surface area (Å²) in [5.74, 6) is 0.0230. The van der Waals surface area contributed by atoms with Crippen LogP contribution < -0.4 is 0 Å². The number of hydrogen-bond acceptors (Lipinski definition) is 2. The quantitative estimate of drug-likeness (QED) is 0.903. The van der Waals surface area contributed by atoms with Crippen LogP contribution in [0.5, 0.6) is 0 Å². The fourth-order valence-electron chi connectivity index (χ4n) is 4.57. The lowest BCUT2D eigenvalue weighted by atomic mass is 9.88. The van der Waals surface area contributed by atoms with Crippen molar-refractivity contribution in [2.75, 3.05) is 13.1 Å². The predicted molar refractivity (Wildman–Crippen MR) is 97.5 cm³/mol. The molecule has 1 aromatic rings. The molecule has 2 aliphatic rings. The minimum Gasteiger partial charge on any atom is -0.478 e. The summed E-state index contributed by atoms with van der Waals surface area (Å²) in [6, 6.07) is 7.26. The maximum absolute atomic E-state index is 12.8. The zero-order valence-corrected chi connectivity index (χ0v) is 15.7. The molecule has 0 atom stereocenters. The number of piperidine rings is 1. The van der Waals surface area contributed by atoms with Crippen LogP contribution in [0.3, 0.4) is 0 Å². The number of aromatic carboxylic acids is 1. The lowest BCUT2D eigenvalue weighted by Gasteiger charge is -2.33. The highest BCUT2D eigenvalue weighted by Crippen LogP contribution is 2.68. The zero-order chi connectivity index (χ0) is 18.4. The van der Waals surface area contributed by atoms with Gasteiger partial charge in [0.15, 0.2) is 0 Å². The van der Waals surface area contributed by atoms with Crippen LogP contribution in [0, 0.1) is 22.7 Å². The fraction of sp³-hybridized carbons (Fsp3) is 0.619. The number of amides is 1. The summed E-state index contributed by atoms with van der Waals surface area (Å²) in [5.41, 5.74) is 1.48. The minimum absolute atomic E-state index is 0.0847. The third kappa shape index (κ3) is 3.07. The molecule has 0 aromatic heterocycles. The van der Waals surface area contributed by atoms with E-state index in [2.05, 4.69) is 27.7 Å². The molecule has 1 amide bonds. The third-order valence-electron chi connectivity index (χ3n) is 6.95. The average molecular weight is 343 g/mol. The summed E-state index contributed by atoms with van der Waals surface area (Å²) in [4.78, 5) is 26.2. The van der Waals surface area contributed by atoms with Crippen molar-refractivity contribution >= 4 is 11.9 Å². The number of likely N-dealkylation sites (tertiary alicyclic amines) is 1. The number of hydrogen-bond donors (Lipinski definition) is 1. The van der Waals surface area contributed by atoms with Crippen LogP contribution in [0.25, 0.3) is 0 Å². The largest absolute Gasteiger partial charge is 0.478 e. The highest BCUT2D eigenvalue weighted by Gasteiger charge is 2.68. The SMILES string of the molecule is CC1(C)C(C(=O)N2CCC(Cc3ccccc3C(=O)O)CC2)C1(C)C. The van der Waals surface area contributed by atoms with Crippen molar-refractivity contribution in [2.45, 2.75) is 47.0 Å². The first kappa shape index (κ1) is 18.0. The van der Waals surface area contributed by atoms with Gasteiger partial charge in [-0.1, -0.05) is 45.9 Å². The molecular formula is C21H29NO3. The summed E-state index contributed by atoms with van der Waals surface area (Å²) in [7, 11) is 0. The maximum atomic E-state index is 12.8. The fourth-order valence-corrected chi connectivity index (χ4v) is 4.57. The molecule has 136 valence electrons. The van der Waals surface area contributed by atoms with E-state index in [4.69, 9.17) is 0 Å². The van der Waals surface area contributed by atoms with Crippen LogP contribution in [0.2, 0.25) is 0 Å². The molecule has 1 aliphatic carbocycles. The second-order valence-electron chi connectivity index (χ2n) is 8.81. The minimum atomic E-state index is -0.860. The first-order valence-electron chi connectivity index (χ1n) is 9.26. The number of benzene rings is 1. The lowest BCUT2D eigenvalue weighted by Crippen LogP contribution is -2.40. The molecule has 1 heterocycles. The van der Waals surface area contributed by atoms with Gasteiger partial charge in [-0.15, -0.1) is 0 Å². The molecule has 0 spiro atoms. The molecule has 25 heavy (non-hydrogen) atoms. The van der Waals surface area contributed by atoms with Crippen LogP contribution >= 0.6 is 0 Å². The van der Waals surface area contributed by atoms with E-state index in [1.54, 1.807) is 12.1 Å². The normalized spacial score (nSPS) is 22.6. The van der Waals surface area contributed by atoms with E-state index in [1.165, 1.54) is 0 Å². The Hall–Kier alpha value is -1.84. The average Bonchev–Trinajstić information content (AvgIpc) is 2.97. The molecule has 1 saturated heterocycles. The number of carboxylic acid groups (broad SMARTS) is 1. The number of carbonyl (C=O) groups excluding carboxylic acids is 1. The van der Waals surface area contributed by atoms with Gasteiger partial charge in [0.2, 0.25) is 5.91 Å². The zero-order valence-electron chi connectivity index (χ0n) is 15.7. The van der Waals surface area contributed by atoms with Crippen molar-refractivity contribution in [1.29, 1.82) is 0 Å². The van der Waals surface area contributed by atoms with Gasteiger partial charge in [-0.05, 0) is 47.6 Å². The first-order valence-corrected chi connectivity index (χ1v) is 9.26. The van der Waals surface area contributed by atoms with E-state index in [-0.39, 0.29) is 16.7 Å². The molecule has 2 fully saturated rings. The Morgan fingerprint density at radius 3 is 2.16 bits per heavy atom. The Balaban J connectivity index is 1.58. The van der Waals surface area contributed by atoms with Gasteiger partial charge in [0, 0.05) is 19.0 Å². The number of nitrogens with zero attached hydrogens (tertiary/aromatic N) is 1. The lowest BCUT2D eigenvalue weighted by molar-refractivity contribution is -0.135. The number of carboxylic acids is 1. The summed E-state index contributed by atoms with van der Waals surface area (Å²) in [5, 5.41) is 9.32. The smallest absolute Gasteiger partial charge is 0.335 e. The van der Waals surface area contributed by atoms with Crippen LogP contribution in [-0.4, -0.2) is 35.0 Å². The van der Waals surface area contributed by atoms with Gasteiger partial charge in [0.25, 0.3) is 0 Å². The van der Waals surface area contributed by atoms with E-state index < -0.39 is 5.97 Å². The van der Waals surface area contributed by atoms with Gasteiger partial charge in [-0.25, -0.2) is 4.79 Å². The van der Waals surface area contributed by atoms with E-state index in [9.17, 15) is 14.7 Å². The number of rotatable bonds is 4. The number of carbonyl (C=O) groups is 2. The highest BCUT2D eigenvalue weighted by atomic mass is 16.4. The van der Waals surface area contributed by atoms with Crippen molar-refractivity contribution in [3.63, 3.8) is 0 Å². The third-order valence-corrected chi connectivity index (χ3v) is 6.95. The molecule has 1 aromatic carbocycles. The Labute approximate surface area is 150 Å². The molecule has 3 rings (SSSR count).